The highest BCUT2D eigenvalue weighted by molar-refractivity contribution is 5.17. The molecule has 62 heavy (non-hydrogen) atoms. The topological polar surface area (TPSA) is 113 Å². The Morgan fingerprint density at radius 2 is 0.839 bits per heavy atom. The molecule has 2 aliphatic rings. The van der Waals surface area contributed by atoms with Crippen molar-refractivity contribution in [3.63, 3.8) is 0 Å². The predicted octanol–water partition coefficient (Wildman–Crippen LogP) is 7.81. The Labute approximate surface area is 365 Å². The van der Waals surface area contributed by atoms with Gasteiger partial charge in [-0.15, -0.1) is 0 Å². The summed E-state index contributed by atoms with van der Waals surface area (Å²) in [7, 11) is 1.54. The fourth-order valence-electron chi connectivity index (χ4n) is 7.69. The molecule has 0 bridgehead atoms. The van der Waals surface area contributed by atoms with E-state index in [1.165, 1.54) is 0 Å². The number of aliphatic hydroxyl groups is 1. The Bertz CT molecular complexity index is 1940. The monoisotopic (exact) mass is 848 g/mol. The molecule has 1 N–H and O–H groups in total. The number of hydrogen-bond acceptors (Lipinski definition) is 11. The second kappa shape index (κ2) is 24.5. The number of rotatable bonds is 23. The van der Waals surface area contributed by atoms with Gasteiger partial charge in [-0.05, 0) is 34.2 Å². The fourth-order valence-corrected chi connectivity index (χ4v) is 7.69. The molecule has 0 amide bonds. The van der Waals surface area contributed by atoms with E-state index in [1.54, 1.807) is 7.11 Å². The molecular formula is C51H60O11. The largest absolute Gasteiger partial charge is 0.387 e. The molecule has 10 atom stereocenters. The smallest absolute Gasteiger partial charge is 0.187 e. The van der Waals surface area contributed by atoms with Gasteiger partial charge in [0.05, 0.1) is 46.2 Å². The van der Waals surface area contributed by atoms with Crippen LogP contribution in [0.25, 0.3) is 0 Å². The van der Waals surface area contributed by atoms with Gasteiger partial charge >= 0.3 is 0 Å². The third-order valence-electron chi connectivity index (χ3n) is 10.9. The lowest BCUT2D eigenvalue weighted by Gasteiger charge is -2.49. The highest BCUT2D eigenvalue weighted by atomic mass is 16.8. The predicted molar refractivity (Wildman–Crippen MR) is 232 cm³/mol. The van der Waals surface area contributed by atoms with Crippen molar-refractivity contribution in [1.29, 1.82) is 0 Å². The highest BCUT2D eigenvalue weighted by Crippen LogP contribution is 2.35. The van der Waals surface area contributed by atoms with E-state index in [-0.39, 0.29) is 26.4 Å². The van der Waals surface area contributed by atoms with Gasteiger partial charge in [0.2, 0.25) is 0 Å². The van der Waals surface area contributed by atoms with Crippen LogP contribution in [0.15, 0.2) is 152 Å². The Morgan fingerprint density at radius 1 is 0.435 bits per heavy atom. The van der Waals surface area contributed by atoms with Crippen molar-refractivity contribution in [2.45, 2.75) is 108 Å². The molecule has 330 valence electrons. The van der Waals surface area contributed by atoms with Crippen molar-refractivity contribution in [3.8, 4) is 0 Å². The molecule has 4 unspecified atom stereocenters. The summed E-state index contributed by atoms with van der Waals surface area (Å²) in [4.78, 5) is 0. The molecule has 11 heteroatoms. The van der Waals surface area contributed by atoms with Crippen molar-refractivity contribution in [2.24, 2.45) is 0 Å². The molecule has 5 aromatic rings. The van der Waals surface area contributed by atoms with Crippen LogP contribution in [0.4, 0.5) is 0 Å². The number of methoxy groups -OCH3 is 1. The second-order valence-electron chi connectivity index (χ2n) is 15.5. The summed E-state index contributed by atoms with van der Waals surface area (Å²) in [5.74, 6) is 0. The normalized spacial score (nSPS) is 26.3. The van der Waals surface area contributed by atoms with Crippen molar-refractivity contribution < 1.29 is 52.5 Å². The Hall–Kier alpha value is -4.34. The molecule has 0 aromatic heterocycles. The zero-order chi connectivity index (χ0) is 42.8. The molecule has 0 saturated carbocycles. The van der Waals surface area contributed by atoms with Crippen LogP contribution in [0.5, 0.6) is 0 Å². The van der Waals surface area contributed by atoms with E-state index >= 15 is 0 Å². The van der Waals surface area contributed by atoms with Crippen molar-refractivity contribution in [1.82, 2.24) is 0 Å². The molecular weight excluding hydrogens is 789 g/mol. The Morgan fingerprint density at radius 3 is 1.29 bits per heavy atom. The van der Waals surface area contributed by atoms with Crippen LogP contribution in [0.1, 0.15) is 41.2 Å². The average molecular weight is 849 g/mol. The van der Waals surface area contributed by atoms with E-state index in [2.05, 4.69) is 0 Å². The fraction of sp³-hybridized carbons (Fsp3) is 0.412. The third kappa shape index (κ3) is 13.1. The van der Waals surface area contributed by atoms with E-state index in [0.717, 1.165) is 27.8 Å². The van der Waals surface area contributed by atoms with Crippen LogP contribution in [0.3, 0.4) is 0 Å². The van der Waals surface area contributed by atoms with Crippen molar-refractivity contribution in [2.75, 3.05) is 26.9 Å². The van der Waals surface area contributed by atoms with Gasteiger partial charge in [0.1, 0.15) is 48.8 Å². The van der Waals surface area contributed by atoms with Gasteiger partial charge in [0.15, 0.2) is 12.6 Å². The quantitative estimate of drug-likeness (QED) is 0.0695. The standard InChI is InChI=1S/C51H60O11/c1-3-29-56-46-44(52)42(35-54-30-37-19-9-4-10-20-37)60-50(53-2)49(46)62-51-48(59-34-41-27-17-8-18-28-41)47(58-33-40-25-15-7-16-26-40)45(57-32-39-23-13-6-14-24-39)43(61-51)36-55-31-38-21-11-5-12-22-38/h4-28,42-52H,3,29-36H2,1-2H3/t42?,43?,44-,45-,46+,47-,48?,49?,50-,51-/m1/s1. The van der Waals surface area contributed by atoms with Gasteiger partial charge in [-0.1, -0.05) is 159 Å². The first-order chi connectivity index (χ1) is 30.6. The van der Waals surface area contributed by atoms with Crippen LogP contribution in [-0.2, 0) is 80.4 Å². The molecule has 0 spiro atoms. The van der Waals surface area contributed by atoms with Crippen molar-refractivity contribution >= 4 is 0 Å². The lowest BCUT2D eigenvalue weighted by Crippen LogP contribution is -2.66. The molecule has 2 heterocycles. The van der Waals surface area contributed by atoms with E-state index in [9.17, 15) is 5.11 Å². The minimum Gasteiger partial charge on any atom is -0.387 e. The first-order valence-corrected chi connectivity index (χ1v) is 21.6. The molecule has 0 aliphatic carbocycles. The minimum atomic E-state index is -1.13. The van der Waals surface area contributed by atoms with Crippen LogP contribution in [0.2, 0.25) is 0 Å². The van der Waals surface area contributed by atoms with Crippen LogP contribution < -0.4 is 0 Å². The average Bonchev–Trinajstić information content (AvgIpc) is 3.32. The summed E-state index contributed by atoms with van der Waals surface area (Å²) in [6.45, 7) is 4.14. The molecule has 2 aliphatic heterocycles. The maximum absolute atomic E-state index is 11.9. The molecule has 11 nitrogen and oxygen atoms in total. The Kier molecular flexibility index (Phi) is 18.0. The van der Waals surface area contributed by atoms with E-state index in [4.69, 9.17) is 47.4 Å². The van der Waals surface area contributed by atoms with Crippen LogP contribution in [0, 0.1) is 0 Å². The van der Waals surface area contributed by atoms with Gasteiger partial charge in [0.25, 0.3) is 0 Å². The maximum atomic E-state index is 11.9. The van der Waals surface area contributed by atoms with Gasteiger partial charge in [-0.3, -0.25) is 0 Å². The van der Waals surface area contributed by atoms with E-state index in [0.29, 0.717) is 32.8 Å². The maximum Gasteiger partial charge on any atom is 0.187 e. The SMILES string of the molecule is CCCO[C@@H]1C(O[C@H]2OC(COCc3ccccc3)[C@@H](OCc3ccccc3)[C@@H](OCc3ccccc3)C2OCc2ccccc2)[C@H](OC)OC(COCc2ccccc2)[C@H]1O. The summed E-state index contributed by atoms with van der Waals surface area (Å²) in [5, 5.41) is 11.9. The lowest BCUT2D eigenvalue weighted by molar-refractivity contribution is -0.378. The van der Waals surface area contributed by atoms with E-state index < -0.39 is 61.4 Å². The molecule has 2 saturated heterocycles. The lowest BCUT2D eigenvalue weighted by atomic mass is 9.96. The Balaban J connectivity index is 1.20. The third-order valence-corrected chi connectivity index (χ3v) is 10.9. The van der Waals surface area contributed by atoms with Gasteiger partial charge in [-0.25, -0.2) is 0 Å². The summed E-state index contributed by atoms with van der Waals surface area (Å²) < 4.78 is 65.8. The molecule has 2 fully saturated rings. The number of aliphatic hydroxyl groups excluding tert-OH is 1. The van der Waals surface area contributed by atoms with Gasteiger partial charge in [-0.2, -0.15) is 0 Å². The van der Waals surface area contributed by atoms with E-state index in [1.807, 2.05) is 159 Å². The van der Waals surface area contributed by atoms with Crippen molar-refractivity contribution in [3.05, 3.63) is 179 Å². The second-order valence-corrected chi connectivity index (χ2v) is 15.5. The number of hydrogen-bond donors (Lipinski definition) is 1. The summed E-state index contributed by atoms with van der Waals surface area (Å²) in [6, 6.07) is 49.7. The van der Waals surface area contributed by atoms with Gasteiger partial charge in [0, 0.05) is 13.7 Å². The van der Waals surface area contributed by atoms with Crippen LogP contribution in [-0.4, -0.2) is 93.4 Å². The van der Waals surface area contributed by atoms with Crippen LogP contribution >= 0.6 is 0 Å². The molecule has 5 aromatic carbocycles. The summed E-state index contributed by atoms with van der Waals surface area (Å²) in [6.07, 6.45) is -7.99. The number of benzene rings is 5. The first-order valence-electron chi connectivity index (χ1n) is 21.6. The summed E-state index contributed by atoms with van der Waals surface area (Å²) >= 11 is 0. The zero-order valence-corrected chi connectivity index (χ0v) is 35.6. The zero-order valence-electron chi connectivity index (χ0n) is 35.6. The molecule has 0 radical (unpaired) electrons. The minimum absolute atomic E-state index is 0.105. The number of ether oxygens (including phenoxy) is 10. The highest BCUT2D eigenvalue weighted by Gasteiger charge is 2.54. The van der Waals surface area contributed by atoms with Gasteiger partial charge < -0.3 is 52.5 Å². The first kappa shape index (κ1) is 45.7. The summed E-state index contributed by atoms with van der Waals surface area (Å²) in [5.41, 5.74) is 4.96. The molecule has 7 rings (SSSR count).